The van der Waals surface area contributed by atoms with Gasteiger partial charge in [0.05, 0.1) is 12.1 Å². The number of rotatable bonds is 12. The molecule has 7 nitrogen and oxygen atoms in total. The summed E-state index contributed by atoms with van der Waals surface area (Å²) in [5.41, 5.74) is 3.17. The summed E-state index contributed by atoms with van der Waals surface area (Å²) in [4.78, 5) is 32.6. The van der Waals surface area contributed by atoms with Crippen LogP contribution in [0.1, 0.15) is 24.5 Å². The SMILES string of the molecule is CC(=O)N(CCN(CCCOc1ccc2c(ccc(=O)n2C)c1)Cc1ccncc1)Cc1ccccc1. The van der Waals surface area contributed by atoms with Crippen LogP contribution in [0, 0.1) is 0 Å². The van der Waals surface area contributed by atoms with E-state index in [1.807, 2.05) is 71.9 Å². The molecule has 2 heterocycles. The molecule has 37 heavy (non-hydrogen) atoms. The molecule has 0 aliphatic heterocycles. The number of fused-ring (bicyclic) bond motifs is 1. The van der Waals surface area contributed by atoms with E-state index in [1.165, 1.54) is 5.56 Å². The molecule has 2 aromatic carbocycles. The van der Waals surface area contributed by atoms with E-state index in [0.29, 0.717) is 19.7 Å². The fraction of sp³-hybridized carbons (Fsp3) is 0.300. The fourth-order valence-electron chi connectivity index (χ4n) is 4.36. The second-order valence-electron chi connectivity index (χ2n) is 9.21. The van der Waals surface area contributed by atoms with Crippen molar-refractivity contribution in [3.8, 4) is 5.75 Å². The van der Waals surface area contributed by atoms with Crippen LogP contribution < -0.4 is 10.3 Å². The molecule has 0 spiro atoms. The Labute approximate surface area is 217 Å². The van der Waals surface area contributed by atoms with Crippen molar-refractivity contribution in [2.45, 2.75) is 26.4 Å². The summed E-state index contributed by atoms with van der Waals surface area (Å²) in [5.74, 6) is 0.863. The number of ether oxygens (including phenoxy) is 1. The van der Waals surface area contributed by atoms with Gasteiger partial charge in [-0.2, -0.15) is 0 Å². The van der Waals surface area contributed by atoms with Crippen molar-refractivity contribution in [2.75, 3.05) is 26.2 Å². The van der Waals surface area contributed by atoms with E-state index in [4.69, 9.17) is 4.74 Å². The first-order valence-corrected chi connectivity index (χ1v) is 12.6. The topological polar surface area (TPSA) is 67.7 Å². The predicted molar refractivity (Wildman–Crippen MR) is 146 cm³/mol. The largest absolute Gasteiger partial charge is 0.494 e. The van der Waals surface area contributed by atoms with E-state index in [-0.39, 0.29) is 11.5 Å². The van der Waals surface area contributed by atoms with Crippen molar-refractivity contribution < 1.29 is 9.53 Å². The Morgan fingerprint density at radius 2 is 1.65 bits per heavy atom. The smallest absolute Gasteiger partial charge is 0.250 e. The third-order valence-corrected chi connectivity index (χ3v) is 6.49. The Morgan fingerprint density at radius 1 is 0.892 bits per heavy atom. The standard InChI is InChI=1S/C30H34N4O3/c1-24(35)34(23-25-7-4-3-5-8-25)19-18-33(22-26-13-15-31-16-14-26)17-6-20-37-28-10-11-29-27(21-28)9-12-30(36)32(29)2/h3-5,7-16,21H,6,17-20,22-23H2,1-2H3. The first kappa shape index (κ1) is 26.1. The number of aryl methyl sites for hydroxylation is 1. The summed E-state index contributed by atoms with van der Waals surface area (Å²) in [6.07, 6.45) is 4.46. The zero-order chi connectivity index (χ0) is 26.0. The minimum atomic E-state index is -0.0254. The van der Waals surface area contributed by atoms with E-state index >= 15 is 0 Å². The van der Waals surface area contributed by atoms with E-state index in [0.717, 1.165) is 48.3 Å². The van der Waals surface area contributed by atoms with Crippen molar-refractivity contribution in [2.24, 2.45) is 7.05 Å². The highest BCUT2D eigenvalue weighted by molar-refractivity contribution is 5.80. The number of hydrogen-bond donors (Lipinski definition) is 0. The molecule has 0 unspecified atom stereocenters. The number of amides is 1. The van der Waals surface area contributed by atoms with Crippen LogP contribution in [0.4, 0.5) is 0 Å². The molecular formula is C30H34N4O3. The van der Waals surface area contributed by atoms with Gasteiger partial charge < -0.3 is 14.2 Å². The number of carbonyl (C=O) groups is 1. The van der Waals surface area contributed by atoms with Gasteiger partial charge >= 0.3 is 0 Å². The van der Waals surface area contributed by atoms with E-state index in [9.17, 15) is 9.59 Å². The zero-order valence-corrected chi connectivity index (χ0v) is 21.5. The molecule has 0 atom stereocenters. The van der Waals surface area contributed by atoms with Gasteiger partial charge in [0.25, 0.3) is 5.56 Å². The summed E-state index contributed by atoms with van der Waals surface area (Å²) >= 11 is 0. The molecule has 0 aliphatic rings. The van der Waals surface area contributed by atoms with Crippen LogP contribution in [0.3, 0.4) is 0 Å². The highest BCUT2D eigenvalue weighted by atomic mass is 16.5. The van der Waals surface area contributed by atoms with Crippen LogP contribution in [-0.2, 0) is 24.9 Å². The van der Waals surface area contributed by atoms with Crippen LogP contribution in [-0.4, -0.2) is 51.5 Å². The molecule has 4 aromatic rings. The maximum Gasteiger partial charge on any atom is 0.250 e. The van der Waals surface area contributed by atoms with Gasteiger partial charge in [-0.1, -0.05) is 30.3 Å². The van der Waals surface area contributed by atoms with E-state index in [2.05, 4.69) is 22.0 Å². The third kappa shape index (κ3) is 7.51. The molecule has 0 aliphatic carbocycles. The second-order valence-corrected chi connectivity index (χ2v) is 9.21. The predicted octanol–water partition coefficient (Wildman–Crippen LogP) is 4.25. The number of nitrogens with zero attached hydrogens (tertiary/aromatic N) is 4. The van der Waals surface area contributed by atoms with Crippen molar-refractivity contribution in [3.63, 3.8) is 0 Å². The monoisotopic (exact) mass is 498 g/mol. The lowest BCUT2D eigenvalue weighted by Gasteiger charge is -2.27. The number of benzene rings is 2. The molecule has 0 radical (unpaired) electrons. The quantitative estimate of drug-likeness (QED) is 0.273. The maximum absolute atomic E-state index is 12.3. The van der Waals surface area contributed by atoms with Crippen LogP contribution in [0.15, 0.2) is 90.0 Å². The van der Waals surface area contributed by atoms with Crippen LogP contribution in [0.2, 0.25) is 0 Å². The third-order valence-electron chi connectivity index (χ3n) is 6.49. The number of carbonyl (C=O) groups excluding carboxylic acids is 1. The lowest BCUT2D eigenvalue weighted by Crippen LogP contribution is -2.37. The summed E-state index contributed by atoms with van der Waals surface area (Å²) in [6, 6.07) is 23.3. The molecule has 1 amide bonds. The Hall–Kier alpha value is -3.97. The lowest BCUT2D eigenvalue weighted by molar-refractivity contribution is -0.129. The minimum absolute atomic E-state index is 0.0254. The van der Waals surface area contributed by atoms with Crippen molar-refractivity contribution >= 4 is 16.8 Å². The number of pyridine rings is 2. The highest BCUT2D eigenvalue weighted by Crippen LogP contribution is 2.19. The second kappa shape index (κ2) is 12.8. The van der Waals surface area contributed by atoms with Gasteiger partial charge in [-0.25, -0.2) is 0 Å². The highest BCUT2D eigenvalue weighted by Gasteiger charge is 2.13. The van der Waals surface area contributed by atoms with Gasteiger partial charge in [0.15, 0.2) is 0 Å². The summed E-state index contributed by atoms with van der Waals surface area (Å²) < 4.78 is 7.68. The van der Waals surface area contributed by atoms with Crippen molar-refractivity contribution in [1.29, 1.82) is 0 Å². The first-order chi connectivity index (χ1) is 18.0. The normalized spacial score (nSPS) is 11.1. The van der Waals surface area contributed by atoms with Gasteiger partial charge in [-0.15, -0.1) is 0 Å². The zero-order valence-electron chi connectivity index (χ0n) is 21.5. The number of hydrogen-bond acceptors (Lipinski definition) is 5. The molecule has 4 rings (SSSR count). The molecule has 2 aromatic heterocycles. The van der Waals surface area contributed by atoms with Crippen molar-refractivity contribution in [1.82, 2.24) is 19.4 Å². The molecule has 0 bridgehead atoms. The molecule has 7 heteroatoms. The average molecular weight is 499 g/mol. The lowest BCUT2D eigenvalue weighted by atomic mass is 10.2. The van der Waals surface area contributed by atoms with Gasteiger partial charge in [-0.05, 0) is 53.9 Å². The molecule has 0 fully saturated rings. The van der Waals surface area contributed by atoms with Gasteiger partial charge in [0, 0.05) is 70.5 Å². The maximum atomic E-state index is 12.3. The van der Waals surface area contributed by atoms with Gasteiger partial charge in [0.1, 0.15) is 5.75 Å². The summed E-state index contributed by atoms with van der Waals surface area (Å²) in [5, 5.41) is 0.974. The Balaban J connectivity index is 1.34. The first-order valence-electron chi connectivity index (χ1n) is 12.6. The molecular weight excluding hydrogens is 464 g/mol. The van der Waals surface area contributed by atoms with Crippen LogP contribution in [0.5, 0.6) is 5.75 Å². The van der Waals surface area contributed by atoms with E-state index in [1.54, 1.807) is 24.6 Å². The van der Waals surface area contributed by atoms with Gasteiger partial charge in [0.2, 0.25) is 5.91 Å². The number of aromatic nitrogens is 2. The molecule has 0 N–H and O–H groups in total. The van der Waals surface area contributed by atoms with Gasteiger partial charge in [-0.3, -0.25) is 19.5 Å². The fourth-order valence-corrected chi connectivity index (χ4v) is 4.36. The Kier molecular flexibility index (Phi) is 9.05. The van der Waals surface area contributed by atoms with Crippen molar-refractivity contribution in [3.05, 3.63) is 107 Å². The Morgan fingerprint density at radius 3 is 2.41 bits per heavy atom. The Bertz CT molecular complexity index is 1360. The molecule has 192 valence electrons. The average Bonchev–Trinajstić information content (AvgIpc) is 2.92. The van der Waals surface area contributed by atoms with E-state index < -0.39 is 0 Å². The summed E-state index contributed by atoms with van der Waals surface area (Å²) in [7, 11) is 1.77. The minimum Gasteiger partial charge on any atom is -0.494 e. The molecule has 0 saturated carbocycles. The van der Waals surface area contributed by atoms with Crippen LogP contribution in [0.25, 0.3) is 10.9 Å². The summed E-state index contributed by atoms with van der Waals surface area (Å²) in [6.45, 7) is 5.84. The molecule has 0 saturated heterocycles. The van der Waals surface area contributed by atoms with Crippen LogP contribution >= 0.6 is 0 Å².